The number of rotatable bonds is 7. The van der Waals surface area contributed by atoms with Crippen LogP contribution in [0.4, 0.5) is 5.88 Å². The quantitative estimate of drug-likeness (QED) is 0.625. The van der Waals surface area contributed by atoms with E-state index in [1.165, 1.54) is 11.8 Å². The zero-order chi connectivity index (χ0) is 16.7. The van der Waals surface area contributed by atoms with Gasteiger partial charge in [-0.3, -0.25) is 4.79 Å². The molecule has 0 bridgehead atoms. The van der Waals surface area contributed by atoms with Crippen molar-refractivity contribution in [2.45, 2.75) is 17.9 Å². The van der Waals surface area contributed by atoms with Gasteiger partial charge < -0.3 is 9.32 Å². The van der Waals surface area contributed by atoms with Crippen LogP contribution in [0.25, 0.3) is 0 Å². The van der Waals surface area contributed by atoms with Crippen molar-refractivity contribution in [1.82, 2.24) is 5.43 Å². The highest BCUT2D eigenvalue weighted by Gasteiger charge is 2.12. The molecular weight excluding hydrogens is 310 g/mol. The molecule has 6 heteroatoms. The van der Waals surface area contributed by atoms with E-state index in [0.717, 1.165) is 11.6 Å². The molecule has 1 aromatic heterocycles. The van der Waals surface area contributed by atoms with E-state index >= 15 is 0 Å². The maximum absolute atomic E-state index is 12.0. The standard InChI is InChI=1S/C17H21N3O2S/c1-13(23-12-14-7-5-4-6-8-14)17(21)19-18-11-15-9-10-16(22-15)20(2)3/h4-11,13H,12H2,1-3H3,(H,19,21)/b18-11-/t13-/m0/s1. The number of thioether (sulfide) groups is 1. The first-order chi connectivity index (χ1) is 11.1. The maximum atomic E-state index is 12.0. The van der Waals surface area contributed by atoms with Crippen LogP contribution in [-0.4, -0.2) is 31.5 Å². The summed E-state index contributed by atoms with van der Waals surface area (Å²) in [5, 5.41) is 3.76. The zero-order valence-corrected chi connectivity index (χ0v) is 14.3. The van der Waals surface area contributed by atoms with Crippen LogP contribution in [0.5, 0.6) is 0 Å². The van der Waals surface area contributed by atoms with E-state index in [9.17, 15) is 4.79 Å². The number of amides is 1. The van der Waals surface area contributed by atoms with Gasteiger partial charge in [-0.2, -0.15) is 5.10 Å². The summed E-state index contributed by atoms with van der Waals surface area (Å²) in [6.07, 6.45) is 1.50. The third-order valence-electron chi connectivity index (χ3n) is 3.13. The number of hydrazone groups is 1. The smallest absolute Gasteiger partial charge is 0.252 e. The van der Waals surface area contributed by atoms with Crippen molar-refractivity contribution in [3.63, 3.8) is 0 Å². The predicted octanol–water partition coefficient (Wildman–Crippen LogP) is 3.12. The van der Waals surface area contributed by atoms with E-state index in [0.29, 0.717) is 5.76 Å². The molecule has 0 aliphatic rings. The van der Waals surface area contributed by atoms with Gasteiger partial charge >= 0.3 is 0 Å². The molecule has 1 aromatic carbocycles. The second kappa shape index (κ2) is 8.43. The number of anilines is 1. The van der Waals surface area contributed by atoms with E-state index < -0.39 is 0 Å². The van der Waals surface area contributed by atoms with Crippen LogP contribution in [0.1, 0.15) is 18.2 Å². The molecule has 0 aliphatic carbocycles. The Hall–Kier alpha value is -2.21. The first-order valence-electron chi connectivity index (χ1n) is 7.32. The number of furan rings is 1. The lowest BCUT2D eigenvalue weighted by Crippen LogP contribution is -2.26. The molecule has 0 fully saturated rings. The summed E-state index contributed by atoms with van der Waals surface area (Å²) in [7, 11) is 3.79. The fourth-order valence-electron chi connectivity index (χ4n) is 1.77. The van der Waals surface area contributed by atoms with Crippen LogP contribution in [-0.2, 0) is 10.5 Å². The molecule has 1 amide bonds. The Labute approximate surface area is 140 Å². The Morgan fingerprint density at radius 1 is 1.30 bits per heavy atom. The number of carbonyl (C=O) groups is 1. The van der Waals surface area contributed by atoms with Crippen molar-refractivity contribution in [1.29, 1.82) is 0 Å². The fraction of sp³-hybridized carbons (Fsp3) is 0.294. The molecule has 0 saturated heterocycles. The second-order valence-corrected chi connectivity index (χ2v) is 6.57. The van der Waals surface area contributed by atoms with E-state index in [2.05, 4.69) is 22.7 Å². The number of benzene rings is 1. The number of hydrogen-bond acceptors (Lipinski definition) is 5. The predicted molar refractivity (Wildman–Crippen MR) is 96.0 cm³/mol. The lowest BCUT2D eigenvalue weighted by atomic mass is 10.2. The van der Waals surface area contributed by atoms with Crippen LogP contribution < -0.4 is 10.3 Å². The summed E-state index contributed by atoms with van der Waals surface area (Å²) in [4.78, 5) is 13.8. The number of hydrogen-bond donors (Lipinski definition) is 1. The molecule has 0 spiro atoms. The average molecular weight is 331 g/mol. The van der Waals surface area contributed by atoms with Crippen LogP contribution in [0.2, 0.25) is 0 Å². The molecule has 1 N–H and O–H groups in total. The highest BCUT2D eigenvalue weighted by molar-refractivity contribution is 7.99. The van der Waals surface area contributed by atoms with E-state index in [1.807, 2.05) is 50.2 Å². The Morgan fingerprint density at radius 3 is 2.70 bits per heavy atom. The third kappa shape index (κ3) is 5.49. The second-order valence-electron chi connectivity index (χ2n) is 5.24. The first-order valence-corrected chi connectivity index (χ1v) is 8.36. The van der Waals surface area contributed by atoms with Crippen molar-refractivity contribution in [3.05, 3.63) is 53.8 Å². The lowest BCUT2D eigenvalue weighted by Gasteiger charge is -2.09. The van der Waals surface area contributed by atoms with Crippen molar-refractivity contribution in [2.24, 2.45) is 5.10 Å². The van der Waals surface area contributed by atoms with Gasteiger partial charge in [0.2, 0.25) is 0 Å². The van der Waals surface area contributed by atoms with Gasteiger partial charge in [-0.1, -0.05) is 30.3 Å². The minimum atomic E-state index is -0.179. The Morgan fingerprint density at radius 2 is 2.04 bits per heavy atom. The largest absolute Gasteiger partial charge is 0.440 e. The van der Waals surface area contributed by atoms with Crippen LogP contribution in [0, 0.1) is 0 Å². The monoisotopic (exact) mass is 331 g/mol. The Balaban J connectivity index is 1.77. The number of carbonyl (C=O) groups excluding carboxylic acids is 1. The zero-order valence-electron chi connectivity index (χ0n) is 13.5. The maximum Gasteiger partial charge on any atom is 0.252 e. The lowest BCUT2D eigenvalue weighted by molar-refractivity contribution is -0.120. The van der Waals surface area contributed by atoms with E-state index in [-0.39, 0.29) is 11.2 Å². The molecule has 122 valence electrons. The topological polar surface area (TPSA) is 57.8 Å². The molecule has 1 heterocycles. The minimum absolute atomic E-state index is 0.124. The summed E-state index contributed by atoms with van der Waals surface area (Å²) >= 11 is 1.58. The molecule has 5 nitrogen and oxygen atoms in total. The number of nitrogens with one attached hydrogen (secondary N) is 1. The van der Waals surface area contributed by atoms with Crippen LogP contribution in [0.3, 0.4) is 0 Å². The normalized spacial score (nSPS) is 12.3. The van der Waals surface area contributed by atoms with Crippen molar-refractivity contribution < 1.29 is 9.21 Å². The van der Waals surface area contributed by atoms with Gasteiger partial charge in [0.25, 0.3) is 5.91 Å². The first kappa shape index (κ1) is 17.1. The van der Waals surface area contributed by atoms with Crippen molar-refractivity contribution in [3.8, 4) is 0 Å². The average Bonchev–Trinajstić information content (AvgIpc) is 3.02. The molecule has 2 rings (SSSR count). The van der Waals surface area contributed by atoms with Gasteiger partial charge in [0.05, 0.1) is 11.5 Å². The van der Waals surface area contributed by atoms with Gasteiger partial charge in [-0.15, -0.1) is 11.8 Å². The van der Waals surface area contributed by atoms with Crippen molar-refractivity contribution in [2.75, 3.05) is 19.0 Å². The number of nitrogens with zero attached hydrogens (tertiary/aromatic N) is 2. The van der Waals surface area contributed by atoms with Crippen LogP contribution >= 0.6 is 11.8 Å². The van der Waals surface area contributed by atoms with Gasteiger partial charge in [0.15, 0.2) is 5.88 Å². The molecular formula is C17H21N3O2S. The summed E-state index contributed by atoms with van der Waals surface area (Å²) in [6, 6.07) is 13.7. The van der Waals surface area contributed by atoms with Gasteiger partial charge in [0, 0.05) is 25.9 Å². The fourth-order valence-corrected chi connectivity index (χ4v) is 2.61. The van der Waals surface area contributed by atoms with Gasteiger partial charge in [-0.25, -0.2) is 5.43 Å². The highest BCUT2D eigenvalue weighted by Crippen LogP contribution is 2.17. The van der Waals surface area contributed by atoms with Crippen molar-refractivity contribution >= 4 is 29.8 Å². The molecule has 2 aromatic rings. The van der Waals surface area contributed by atoms with Gasteiger partial charge in [0.1, 0.15) is 5.76 Å². The van der Waals surface area contributed by atoms with E-state index in [1.54, 1.807) is 17.8 Å². The molecule has 1 atom stereocenters. The Bertz CT molecular complexity index is 653. The third-order valence-corrected chi connectivity index (χ3v) is 4.35. The SMILES string of the molecule is C[C@H](SCc1ccccc1)C(=O)N/N=C\c1ccc(N(C)C)o1. The summed E-state index contributed by atoms with van der Waals surface area (Å²) in [5.41, 5.74) is 3.74. The summed E-state index contributed by atoms with van der Waals surface area (Å²) in [6.45, 7) is 1.87. The van der Waals surface area contributed by atoms with Crippen LogP contribution in [0.15, 0.2) is 52.0 Å². The highest BCUT2D eigenvalue weighted by atomic mass is 32.2. The minimum Gasteiger partial charge on any atom is -0.440 e. The van der Waals surface area contributed by atoms with Gasteiger partial charge in [-0.05, 0) is 18.6 Å². The molecule has 23 heavy (non-hydrogen) atoms. The molecule has 0 aliphatic heterocycles. The Kier molecular flexibility index (Phi) is 6.29. The molecule has 0 saturated carbocycles. The van der Waals surface area contributed by atoms with E-state index in [4.69, 9.17) is 4.42 Å². The molecule has 0 radical (unpaired) electrons. The summed E-state index contributed by atoms with van der Waals surface area (Å²) in [5.74, 6) is 2.01. The summed E-state index contributed by atoms with van der Waals surface area (Å²) < 4.78 is 5.51. The molecule has 0 unspecified atom stereocenters.